The molecule has 1 aromatic rings. The first-order valence-electron chi connectivity index (χ1n) is 4.16. The highest BCUT2D eigenvalue weighted by molar-refractivity contribution is 9.10. The number of carbonyl (C=O) groups is 2. The van der Waals surface area contributed by atoms with Gasteiger partial charge in [0, 0.05) is 10.7 Å². The van der Waals surface area contributed by atoms with Crippen molar-refractivity contribution in [1.29, 1.82) is 0 Å². The van der Waals surface area contributed by atoms with Crippen LogP contribution in [0.4, 0.5) is 0 Å². The van der Waals surface area contributed by atoms with Crippen molar-refractivity contribution in [2.75, 3.05) is 0 Å². The highest BCUT2D eigenvalue weighted by atomic mass is 79.9. The molecule has 0 saturated heterocycles. The van der Waals surface area contributed by atoms with E-state index in [1.54, 1.807) is 6.07 Å². The van der Waals surface area contributed by atoms with Crippen LogP contribution >= 0.6 is 15.9 Å². The van der Waals surface area contributed by atoms with Gasteiger partial charge in [-0.1, -0.05) is 0 Å². The van der Waals surface area contributed by atoms with E-state index >= 15 is 0 Å². The number of nitrogens with one attached hydrogen (secondary N) is 1. The van der Waals surface area contributed by atoms with E-state index in [0.29, 0.717) is 0 Å². The quantitative estimate of drug-likeness (QED) is 0.862. The van der Waals surface area contributed by atoms with Crippen molar-refractivity contribution in [3.63, 3.8) is 0 Å². The van der Waals surface area contributed by atoms with Gasteiger partial charge in [-0.25, -0.2) is 4.98 Å². The van der Waals surface area contributed by atoms with E-state index in [9.17, 15) is 9.59 Å². The summed E-state index contributed by atoms with van der Waals surface area (Å²) in [6, 6.07) is 2.24. The molecule has 80 valence electrons. The van der Waals surface area contributed by atoms with Gasteiger partial charge in [0.25, 0.3) is 5.91 Å². The SMILES string of the molecule is C[C@H](NC(=O)c1ccc(Br)cn1)C(=O)O. The second kappa shape index (κ2) is 4.88. The molecule has 6 heteroatoms. The average Bonchev–Trinajstić information content (AvgIpc) is 2.18. The molecule has 1 aromatic heterocycles. The maximum Gasteiger partial charge on any atom is 0.325 e. The molecule has 0 unspecified atom stereocenters. The maximum atomic E-state index is 11.4. The van der Waals surface area contributed by atoms with E-state index in [0.717, 1.165) is 4.47 Å². The Morgan fingerprint density at radius 3 is 2.67 bits per heavy atom. The summed E-state index contributed by atoms with van der Waals surface area (Å²) in [5.74, 6) is -1.59. The molecule has 1 heterocycles. The van der Waals surface area contributed by atoms with Crippen molar-refractivity contribution < 1.29 is 14.7 Å². The second-order valence-electron chi connectivity index (χ2n) is 2.90. The van der Waals surface area contributed by atoms with Gasteiger partial charge in [-0.05, 0) is 35.0 Å². The van der Waals surface area contributed by atoms with Crippen LogP contribution in [0.1, 0.15) is 17.4 Å². The second-order valence-corrected chi connectivity index (χ2v) is 3.81. The molecule has 0 aliphatic rings. The number of carboxylic acids is 1. The van der Waals surface area contributed by atoms with Crippen molar-refractivity contribution in [1.82, 2.24) is 10.3 Å². The Labute approximate surface area is 94.6 Å². The molecular formula is C9H9BrN2O3. The van der Waals surface area contributed by atoms with Crippen LogP contribution in [0.3, 0.4) is 0 Å². The lowest BCUT2D eigenvalue weighted by atomic mass is 10.3. The summed E-state index contributed by atoms with van der Waals surface area (Å²) in [5.41, 5.74) is 0.186. The fraction of sp³-hybridized carbons (Fsp3) is 0.222. The van der Waals surface area contributed by atoms with Crippen LogP contribution in [0.25, 0.3) is 0 Å². The van der Waals surface area contributed by atoms with Crippen LogP contribution in [0, 0.1) is 0 Å². The molecule has 0 spiro atoms. The Morgan fingerprint density at radius 1 is 1.53 bits per heavy atom. The number of nitrogens with zero attached hydrogens (tertiary/aromatic N) is 1. The largest absolute Gasteiger partial charge is 0.480 e. The summed E-state index contributed by atoms with van der Waals surface area (Å²) in [7, 11) is 0. The van der Waals surface area contributed by atoms with Crippen molar-refractivity contribution in [3.05, 3.63) is 28.5 Å². The highest BCUT2D eigenvalue weighted by Gasteiger charge is 2.15. The number of rotatable bonds is 3. The number of carbonyl (C=O) groups excluding carboxylic acids is 1. The zero-order valence-electron chi connectivity index (χ0n) is 7.90. The van der Waals surface area contributed by atoms with Crippen molar-refractivity contribution in [2.45, 2.75) is 13.0 Å². The number of halogens is 1. The smallest absolute Gasteiger partial charge is 0.325 e. The van der Waals surface area contributed by atoms with Crippen molar-refractivity contribution in [3.8, 4) is 0 Å². The summed E-state index contributed by atoms with van der Waals surface area (Å²) in [6.07, 6.45) is 1.47. The summed E-state index contributed by atoms with van der Waals surface area (Å²) < 4.78 is 0.755. The number of hydrogen-bond acceptors (Lipinski definition) is 3. The number of pyridine rings is 1. The number of aromatic nitrogens is 1. The zero-order valence-corrected chi connectivity index (χ0v) is 9.48. The highest BCUT2D eigenvalue weighted by Crippen LogP contribution is 2.07. The molecule has 0 radical (unpaired) electrons. The molecule has 0 saturated carbocycles. The van der Waals surface area contributed by atoms with Crippen LogP contribution in [-0.2, 0) is 4.79 Å². The number of hydrogen-bond donors (Lipinski definition) is 2. The van der Waals surface area contributed by atoms with E-state index < -0.39 is 17.9 Å². The molecule has 1 atom stereocenters. The van der Waals surface area contributed by atoms with E-state index in [1.165, 1.54) is 19.2 Å². The molecule has 5 nitrogen and oxygen atoms in total. The Hall–Kier alpha value is -1.43. The molecule has 0 bridgehead atoms. The first-order valence-corrected chi connectivity index (χ1v) is 4.95. The van der Waals surface area contributed by atoms with Crippen LogP contribution in [0.2, 0.25) is 0 Å². The summed E-state index contributed by atoms with van der Waals surface area (Å²) in [6.45, 7) is 1.39. The van der Waals surface area contributed by atoms with Gasteiger partial charge in [0.1, 0.15) is 11.7 Å². The Morgan fingerprint density at radius 2 is 2.20 bits per heavy atom. The first kappa shape index (κ1) is 11.6. The van der Waals surface area contributed by atoms with Gasteiger partial charge in [-0.15, -0.1) is 0 Å². The Kier molecular flexibility index (Phi) is 3.79. The Bertz CT molecular complexity index is 377. The van der Waals surface area contributed by atoms with Gasteiger partial charge in [-0.2, -0.15) is 0 Å². The number of carboxylic acid groups (broad SMARTS) is 1. The van der Waals surface area contributed by atoms with Crippen LogP contribution < -0.4 is 5.32 Å². The molecule has 1 rings (SSSR count). The van der Waals surface area contributed by atoms with E-state index in [4.69, 9.17) is 5.11 Å². The normalized spacial score (nSPS) is 11.9. The van der Waals surface area contributed by atoms with Crippen LogP contribution in [0.15, 0.2) is 22.8 Å². The van der Waals surface area contributed by atoms with Crippen molar-refractivity contribution >= 4 is 27.8 Å². The molecule has 0 aromatic carbocycles. The number of amides is 1. The lowest BCUT2D eigenvalue weighted by Crippen LogP contribution is -2.38. The lowest BCUT2D eigenvalue weighted by molar-refractivity contribution is -0.138. The first-order chi connectivity index (χ1) is 7.00. The standard InChI is InChI=1S/C9H9BrN2O3/c1-5(9(14)15)12-8(13)7-3-2-6(10)4-11-7/h2-5H,1H3,(H,12,13)(H,14,15)/t5-/m0/s1. The summed E-state index contributed by atoms with van der Waals surface area (Å²) >= 11 is 3.18. The Balaban J connectivity index is 2.69. The minimum absolute atomic E-state index is 0.186. The molecule has 2 N–H and O–H groups in total. The minimum Gasteiger partial charge on any atom is -0.480 e. The molecular weight excluding hydrogens is 264 g/mol. The van der Waals surface area contributed by atoms with Gasteiger partial charge in [0.15, 0.2) is 0 Å². The van der Waals surface area contributed by atoms with Gasteiger partial charge >= 0.3 is 5.97 Å². The maximum absolute atomic E-state index is 11.4. The summed E-state index contributed by atoms with van der Waals surface area (Å²) in [5, 5.41) is 10.9. The van der Waals surface area contributed by atoms with Crippen LogP contribution in [0.5, 0.6) is 0 Å². The van der Waals surface area contributed by atoms with Crippen molar-refractivity contribution in [2.24, 2.45) is 0 Å². The number of aliphatic carboxylic acids is 1. The monoisotopic (exact) mass is 272 g/mol. The van der Waals surface area contributed by atoms with Crippen LogP contribution in [-0.4, -0.2) is 28.0 Å². The third-order valence-corrected chi connectivity index (χ3v) is 2.15. The van der Waals surface area contributed by atoms with Gasteiger partial charge in [0.05, 0.1) is 0 Å². The third kappa shape index (κ3) is 3.32. The zero-order chi connectivity index (χ0) is 11.4. The third-order valence-electron chi connectivity index (χ3n) is 1.68. The summed E-state index contributed by atoms with van der Waals surface area (Å²) in [4.78, 5) is 25.7. The molecule has 0 fully saturated rings. The fourth-order valence-corrected chi connectivity index (χ4v) is 1.08. The topological polar surface area (TPSA) is 79.3 Å². The molecule has 0 aliphatic carbocycles. The average molecular weight is 273 g/mol. The van der Waals surface area contributed by atoms with Gasteiger partial charge in [-0.3, -0.25) is 9.59 Å². The van der Waals surface area contributed by atoms with Gasteiger partial charge in [0.2, 0.25) is 0 Å². The van der Waals surface area contributed by atoms with E-state index in [2.05, 4.69) is 26.2 Å². The van der Waals surface area contributed by atoms with Gasteiger partial charge < -0.3 is 10.4 Å². The predicted molar refractivity (Wildman–Crippen MR) is 56.5 cm³/mol. The van der Waals surface area contributed by atoms with E-state index in [1.807, 2.05) is 0 Å². The molecule has 1 amide bonds. The fourth-order valence-electron chi connectivity index (χ4n) is 0.842. The van der Waals surface area contributed by atoms with E-state index in [-0.39, 0.29) is 5.69 Å². The predicted octanol–water partition coefficient (Wildman–Crippen LogP) is 1.05. The lowest BCUT2D eigenvalue weighted by Gasteiger charge is -2.08. The molecule has 15 heavy (non-hydrogen) atoms. The molecule has 0 aliphatic heterocycles. The minimum atomic E-state index is -1.08.